The van der Waals surface area contributed by atoms with Gasteiger partial charge in [-0.25, -0.2) is 4.39 Å². The number of amides is 1. The average molecular weight is 401 g/mol. The van der Waals surface area contributed by atoms with Gasteiger partial charge in [0.2, 0.25) is 5.91 Å². The number of carbonyl (C=O) groups excluding carboxylic acids is 1. The van der Waals surface area contributed by atoms with E-state index < -0.39 is 5.82 Å². The SMILES string of the molecule is CN(C)c1cccc(-c2nc(C3CC(=O)N(c4ccc(Cl)cc4F)C3)no2)c1. The Kier molecular flexibility index (Phi) is 4.77. The number of anilines is 2. The predicted molar refractivity (Wildman–Crippen MR) is 105 cm³/mol. The van der Waals surface area contributed by atoms with Crippen molar-refractivity contribution in [2.45, 2.75) is 12.3 Å². The standard InChI is InChI=1S/C20H18ClFN4O2/c1-25(2)15-5-3-4-12(8-15)20-23-19(24-28-20)13-9-18(27)26(11-13)17-7-6-14(21)10-16(17)22/h3-8,10,13H,9,11H2,1-2H3. The number of aromatic nitrogens is 2. The second-order valence-corrected chi connectivity index (χ2v) is 7.34. The van der Waals surface area contributed by atoms with Crippen molar-refractivity contribution in [1.82, 2.24) is 10.1 Å². The molecule has 6 nitrogen and oxygen atoms in total. The van der Waals surface area contributed by atoms with Crippen LogP contribution in [0.15, 0.2) is 47.0 Å². The summed E-state index contributed by atoms with van der Waals surface area (Å²) < 4.78 is 19.6. The minimum atomic E-state index is -0.532. The molecule has 0 spiro atoms. The molecule has 1 aromatic heterocycles. The zero-order valence-corrected chi connectivity index (χ0v) is 16.2. The number of nitrogens with zero attached hydrogens (tertiary/aromatic N) is 4. The molecule has 1 fully saturated rings. The average Bonchev–Trinajstić information content (AvgIpc) is 3.29. The number of rotatable bonds is 4. The number of halogens is 2. The summed E-state index contributed by atoms with van der Waals surface area (Å²) in [5.41, 5.74) is 2.02. The van der Waals surface area contributed by atoms with Crippen LogP contribution in [-0.4, -0.2) is 36.7 Å². The first-order valence-electron chi connectivity index (χ1n) is 8.79. The van der Waals surface area contributed by atoms with E-state index in [1.165, 1.54) is 17.0 Å². The van der Waals surface area contributed by atoms with E-state index in [1.807, 2.05) is 43.3 Å². The molecular formula is C20H18ClFN4O2. The second-order valence-electron chi connectivity index (χ2n) is 6.90. The van der Waals surface area contributed by atoms with Crippen molar-refractivity contribution in [1.29, 1.82) is 0 Å². The third-order valence-corrected chi connectivity index (χ3v) is 4.98. The van der Waals surface area contributed by atoms with Crippen molar-refractivity contribution in [2.75, 3.05) is 30.4 Å². The fourth-order valence-corrected chi connectivity index (χ4v) is 3.41. The molecule has 0 radical (unpaired) electrons. The first-order valence-corrected chi connectivity index (χ1v) is 9.17. The van der Waals surface area contributed by atoms with Crippen LogP contribution in [0.5, 0.6) is 0 Å². The summed E-state index contributed by atoms with van der Waals surface area (Å²) in [5.74, 6) is -0.155. The van der Waals surface area contributed by atoms with Gasteiger partial charge in [0.15, 0.2) is 5.82 Å². The monoisotopic (exact) mass is 400 g/mol. The molecule has 1 atom stereocenters. The van der Waals surface area contributed by atoms with Gasteiger partial charge in [0.25, 0.3) is 5.89 Å². The Morgan fingerprint density at radius 2 is 2.07 bits per heavy atom. The van der Waals surface area contributed by atoms with E-state index in [2.05, 4.69) is 10.1 Å². The Morgan fingerprint density at radius 1 is 1.25 bits per heavy atom. The summed E-state index contributed by atoms with van der Waals surface area (Å²) in [4.78, 5) is 20.3. The molecule has 4 rings (SSSR count). The Bertz CT molecular complexity index is 1040. The van der Waals surface area contributed by atoms with Gasteiger partial charge < -0.3 is 14.3 Å². The van der Waals surface area contributed by atoms with Crippen molar-refractivity contribution < 1.29 is 13.7 Å². The smallest absolute Gasteiger partial charge is 0.258 e. The van der Waals surface area contributed by atoms with Gasteiger partial charge in [0.05, 0.1) is 5.69 Å². The highest BCUT2D eigenvalue weighted by Crippen LogP contribution is 2.33. The lowest BCUT2D eigenvalue weighted by Gasteiger charge is -2.17. The molecule has 1 saturated heterocycles. The number of hydrogen-bond donors (Lipinski definition) is 0. The zero-order valence-electron chi connectivity index (χ0n) is 15.4. The highest BCUT2D eigenvalue weighted by molar-refractivity contribution is 6.30. The lowest BCUT2D eigenvalue weighted by molar-refractivity contribution is -0.117. The van der Waals surface area contributed by atoms with Crippen molar-refractivity contribution >= 4 is 28.9 Å². The first kappa shape index (κ1) is 18.4. The van der Waals surface area contributed by atoms with E-state index in [1.54, 1.807) is 6.07 Å². The fraction of sp³-hybridized carbons (Fsp3) is 0.250. The van der Waals surface area contributed by atoms with Crippen molar-refractivity contribution in [3.63, 3.8) is 0 Å². The molecular weight excluding hydrogens is 383 g/mol. The molecule has 0 aliphatic carbocycles. The maximum atomic E-state index is 14.2. The van der Waals surface area contributed by atoms with Crippen LogP contribution in [0.4, 0.5) is 15.8 Å². The predicted octanol–water partition coefficient (Wildman–Crippen LogP) is 4.12. The van der Waals surface area contributed by atoms with E-state index in [4.69, 9.17) is 16.1 Å². The van der Waals surface area contributed by atoms with E-state index >= 15 is 0 Å². The molecule has 1 aliphatic rings. The van der Waals surface area contributed by atoms with Gasteiger partial charge in [0.1, 0.15) is 5.82 Å². The maximum absolute atomic E-state index is 14.2. The van der Waals surface area contributed by atoms with Crippen molar-refractivity contribution in [3.8, 4) is 11.5 Å². The Labute approximate surface area is 166 Å². The minimum absolute atomic E-state index is 0.188. The first-order chi connectivity index (χ1) is 13.4. The topological polar surface area (TPSA) is 62.5 Å². The lowest BCUT2D eigenvalue weighted by atomic mass is 10.1. The summed E-state index contributed by atoms with van der Waals surface area (Å²) in [6.07, 6.45) is 0.193. The molecule has 2 aromatic carbocycles. The maximum Gasteiger partial charge on any atom is 0.258 e. The summed E-state index contributed by atoms with van der Waals surface area (Å²) in [6.45, 7) is 0.286. The summed E-state index contributed by atoms with van der Waals surface area (Å²) in [5, 5.41) is 4.34. The van der Waals surface area contributed by atoms with Crippen LogP contribution in [0, 0.1) is 5.82 Å². The molecule has 144 valence electrons. The Morgan fingerprint density at radius 3 is 2.82 bits per heavy atom. The zero-order chi connectivity index (χ0) is 19.8. The van der Waals surface area contributed by atoms with E-state index in [9.17, 15) is 9.18 Å². The highest BCUT2D eigenvalue weighted by Gasteiger charge is 2.35. The van der Waals surface area contributed by atoms with Gasteiger partial charge in [-0.05, 0) is 36.4 Å². The van der Waals surface area contributed by atoms with Crippen LogP contribution in [-0.2, 0) is 4.79 Å². The minimum Gasteiger partial charge on any atom is -0.378 e. The molecule has 8 heteroatoms. The molecule has 28 heavy (non-hydrogen) atoms. The van der Waals surface area contributed by atoms with Crippen molar-refractivity contribution in [2.24, 2.45) is 0 Å². The van der Waals surface area contributed by atoms with Gasteiger partial charge in [-0.1, -0.05) is 22.8 Å². The molecule has 0 saturated carbocycles. The van der Waals surface area contributed by atoms with Gasteiger partial charge in [-0.2, -0.15) is 4.98 Å². The van der Waals surface area contributed by atoms with Crippen LogP contribution in [0.3, 0.4) is 0 Å². The quantitative estimate of drug-likeness (QED) is 0.659. The van der Waals surface area contributed by atoms with Crippen molar-refractivity contribution in [3.05, 3.63) is 59.1 Å². The molecule has 1 unspecified atom stereocenters. The number of hydrogen-bond acceptors (Lipinski definition) is 5. The third-order valence-electron chi connectivity index (χ3n) is 4.74. The normalized spacial score (nSPS) is 16.6. The number of benzene rings is 2. The largest absolute Gasteiger partial charge is 0.378 e. The fourth-order valence-electron chi connectivity index (χ4n) is 3.25. The Balaban J connectivity index is 1.56. The summed E-state index contributed by atoms with van der Waals surface area (Å²) in [7, 11) is 3.90. The van der Waals surface area contributed by atoms with Crippen LogP contribution in [0.1, 0.15) is 18.2 Å². The molecule has 0 bridgehead atoms. The second kappa shape index (κ2) is 7.24. The Hall–Kier alpha value is -2.93. The molecule has 1 aliphatic heterocycles. The van der Waals surface area contributed by atoms with Crippen LogP contribution < -0.4 is 9.80 Å². The lowest BCUT2D eigenvalue weighted by Crippen LogP contribution is -2.25. The van der Waals surface area contributed by atoms with E-state index in [-0.39, 0.29) is 35.5 Å². The van der Waals surface area contributed by atoms with Crippen LogP contribution >= 0.6 is 11.6 Å². The van der Waals surface area contributed by atoms with E-state index in [0.717, 1.165) is 11.3 Å². The van der Waals surface area contributed by atoms with Gasteiger partial charge in [0, 0.05) is 49.3 Å². The highest BCUT2D eigenvalue weighted by atomic mass is 35.5. The molecule has 2 heterocycles. The van der Waals surface area contributed by atoms with Gasteiger partial charge in [-0.15, -0.1) is 0 Å². The van der Waals surface area contributed by atoms with Crippen LogP contribution in [0.2, 0.25) is 5.02 Å². The van der Waals surface area contributed by atoms with Crippen LogP contribution in [0.25, 0.3) is 11.5 Å². The molecule has 3 aromatic rings. The van der Waals surface area contributed by atoms with Gasteiger partial charge in [-0.3, -0.25) is 4.79 Å². The summed E-state index contributed by atoms with van der Waals surface area (Å²) >= 11 is 5.80. The third kappa shape index (κ3) is 3.45. The number of carbonyl (C=O) groups is 1. The summed E-state index contributed by atoms with van der Waals surface area (Å²) in [6, 6.07) is 12.0. The van der Waals surface area contributed by atoms with Gasteiger partial charge >= 0.3 is 0 Å². The molecule has 1 amide bonds. The van der Waals surface area contributed by atoms with E-state index in [0.29, 0.717) is 11.7 Å². The molecule has 0 N–H and O–H groups in total.